The zero-order chi connectivity index (χ0) is 16.4. The van der Waals surface area contributed by atoms with Crippen LogP contribution in [-0.2, 0) is 0 Å². The van der Waals surface area contributed by atoms with Gasteiger partial charge in [0, 0.05) is 0 Å². The van der Waals surface area contributed by atoms with Crippen molar-refractivity contribution in [3.05, 3.63) is 40.5 Å². The highest BCUT2D eigenvalue weighted by Gasteiger charge is 2.23. The molecule has 21 heavy (non-hydrogen) atoms. The van der Waals surface area contributed by atoms with Crippen molar-refractivity contribution in [3.8, 4) is 11.5 Å². The first-order valence-electron chi connectivity index (χ1n) is 7.73. The number of rotatable bonds is 2. The van der Waals surface area contributed by atoms with Crippen LogP contribution in [0.4, 0.5) is 0 Å². The van der Waals surface area contributed by atoms with E-state index in [-0.39, 0.29) is 0 Å². The minimum atomic E-state index is -1.43. The van der Waals surface area contributed by atoms with Gasteiger partial charge in [0.1, 0.15) is 8.07 Å². The monoisotopic (exact) mass is 314 g/mol. The van der Waals surface area contributed by atoms with Crippen LogP contribution >= 0.6 is 0 Å². The Morgan fingerprint density at radius 2 is 1.38 bits per heavy atom. The van der Waals surface area contributed by atoms with E-state index in [1.165, 1.54) is 27.5 Å². The Morgan fingerprint density at radius 3 is 1.76 bits per heavy atom. The Morgan fingerprint density at radius 1 is 0.905 bits per heavy atom. The molecule has 0 aliphatic carbocycles. The molecule has 0 fully saturated rings. The maximum atomic E-state index is 3.48. The summed E-state index contributed by atoms with van der Waals surface area (Å²) < 4.78 is 0. The molecule has 0 aliphatic heterocycles. The van der Waals surface area contributed by atoms with E-state index in [1.54, 1.807) is 0 Å². The molecule has 1 aromatic rings. The van der Waals surface area contributed by atoms with E-state index in [2.05, 4.69) is 89.7 Å². The average Bonchev–Trinajstić information content (AvgIpc) is 2.22. The van der Waals surface area contributed by atoms with Crippen LogP contribution in [0.15, 0.2) is 18.2 Å². The zero-order valence-corrected chi connectivity index (χ0v) is 17.2. The maximum absolute atomic E-state index is 3.48. The molecular weight excluding hydrogens is 284 g/mol. The fourth-order valence-corrected chi connectivity index (χ4v) is 4.75. The van der Waals surface area contributed by atoms with Gasteiger partial charge in [-0.3, -0.25) is 0 Å². The molecule has 114 valence electrons. The topological polar surface area (TPSA) is 0 Å². The molecule has 0 bridgehead atoms. The molecular formula is C19H30Si2. The molecule has 0 spiro atoms. The van der Waals surface area contributed by atoms with Crippen LogP contribution in [0.3, 0.4) is 0 Å². The lowest BCUT2D eigenvalue weighted by atomic mass is 9.99. The van der Waals surface area contributed by atoms with Gasteiger partial charge in [-0.1, -0.05) is 62.9 Å². The molecule has 0 aliphatic rings. The molecule has 1 rings (SSSR count). The van der Waals surface area contributed by atoms with Crippen molar-refractivity contribution >= 4 is 21.3 Å². The highest BCUT2D eigenvalue weighted by atomic mass is 28.3. The third-order valence-electron chi connectivity index (χ3n) is 3.42. The number of benzene rings is 1. The van der Waals surface area contributed by atoms with Crippen molar-refractivity contribution in [1.29, 1.82) is 0 Å². The van der Waals surface area contributed by atoms with Crippen molar-refractivity contribution in [1.82, 2.24) is 0 Å². The fourth-order valence-electron chi connectivity index (χ4n) is 2.59. The molecule has 0 amide bonds. The predicted octanol–water partition coefficient (Wildman–Crippen LogP) is 5.75. The molecule has 1 aromatic carbocycles. The van der Waals surface area contributed by atoms with E-state index < -0.39 is 16.1 Å². The van der Waals surface area contributed by atoms with E-state index in [0.717, 1.165) is 0 Å². The number of aryl methyl sites for hydroxylation is 3. The van der Waals surface area contributed by atoms with Crippen molar-refractivity contribution in [3.63, 3.8) is 0 Å². The molecule has 2 heteroatoms. The lowest BCUT2D eigenvalue weighted by molar-refractivity contribution is 1.29. The van der Waals surface area contributed by atoms with Gasteiger partial charge in [0.25, 0.3) is 0 Å². The second-order valence-corrected chi connectivity index (χ2v) is 17.9. The maximum Gasteiger partial charge on any atom is 0.129 e. The average molecular weight is 315 g/mol. The normalized spacial score (nSPS) is 12.9. The molecule has 0 unspecified atom stereocenters. The third kappa shape index (κ3) is 5.34. The van der Waals surface area contributed by atoms with Crippen molar-refractivity contribution in [2.75, 3.05) is 0 Å². The van der Waals surface area contributed by atoms with E-state index >= 15 is 0 Å². The molecule has 0 nitrogen and oxygen atoms in total. The predicted molar refractivity (Wildman–Crippen MR) is 103 cm³/mol. The molecule has 0 N–H and O–H groups in total. The highest BCUT2D eigenvalue weighted by Crippen LogP contribution is 2.31. The number of allylic oxidation sites excluding steroid dienone is 1. The molecule has 0 saturated carbocycles. The second-order valence-electron chi connectivity index (χ2n) is 8.10. The third-order valence-corrected chi connectivity index (χ3v) is 6.32. The largest absolute Gasteiger partial charge is 0.129 e. The molecule has 0 saturated heterocycles. The van der Waals surface area contributed by atoms with Crippen molar-refractivity contribution in [2.24, 2.45) is 0 Å². The summed E-state index contributed by atoms with van der Waals surface area (Å²) in [5.74, 6) is 3.38. The Labute approximate surface area is 133 Å². The van der Waals surface area contributed by atoms with Gasteiger partial charge in [-0.05, 0) is 48.7 Å². The smallest absolute Gasteiger partial charge is 0.127 e. The Balaban J connectivity index is 3.48. The van der Waals surface area contributed by atoms with Crippen LogP contribution in [0.1, 0.15) is 22.3 Å². The molecule has 0 aromatic heterocycles. The van der Waals surface area contributed by atoms with Crippen LogP contribution in [0.25, 0.3) is 5.20 Å². The fraction of sp³-hybridized carbons (Fsp3) is 0.474. The van der Waals surface area contributed by atoms with Crippen LogP contribution in [0, 0.1) is 32.2 Å². The van der Waals surface area contributed by atoms with Crippen LogP contribution in [0.5, 0.6) is 0 Å². The van der Waals surface area contributed by atoms with Gasteiger partial charge >= 0.3 is 0 Å². The van der Waals surface area contributed by atoms with Gasteiger partial charge in [-0.25, -0.2) is 0 Å². The highest BCUT2D eigenvalue weighted by molar-refractivity contribution is 6.93. The van der Waals surface area contributed by atoms with Crippen LogP contribution in [0.2, 0.25) is 39.3 Å². The van der Waals surface area contributed by atoms with E-state index in [0.29, 0.717) is 0 Å². The lowest BCUT2D eigenvalue weighted by Gasteiger charge is -2.24. The minimum Gasteiger partial charge on any atom is -0.127 e. The van der Waals surface area contributed by atoms with Crippen molar-refractivity contribution in [2.45, 2.75) is 60.1 Å². The summed E-state index contributed by atoms with van der Waals surface area (Å²) in [4.78, 5) is 0. The summed E-state index contributed by atoms with van der Waals surface area (Å²) in [7, 11) is -2.74. The van der Waals surface area contributed by atoms with Crippen LogP contribution in [-0.4, -0.2) is 16.1 Å². The van der Waals surface area contributed by atoms with E-state index in [1.807, 2.05) is 0 Å². The summed E-state index contributed by atoms with van der Waals surface area (Å²) in [5, 5.41) is 1.49. The first kappa shape index (κ1) is 18.0. The summed E-state index contributed by atoms with van der Waals surface area (Å²) in [6, 6.07) is 4.59. The lowest BCUT2D eigenvalue weighted by Crippen LogP contribution is -2.24. The van der Waals surface area contributed by atoms with Gasteiger partial charge < -0.3 is 0 Å². The number of hydrogen-bond acceptors (Lipinski definition) is 0. The SMILES string of the molecule is Cc1cc(C)c(/C(=C/C#C[Si](C)(C)C)[Si](C)(C)C)c(C)c1. The number of hydrogen-bond donors (Lipinski definition) is 0. The Hall–Kier alpha value is -1.05. The summed E-state index contributed by atoms with van der Waals surface area (Å²) in [6.45, 7) is 20.8. The van der Waals surface area contributed by atoms with Crippen LogP contribution < -0.4 is 0 Å². The molecule has 0 heterocycles. The summed E-state index contributed by atoms with van der Waals surface area (Å²) in [6.07, 6.45) is 2.22. The minimum absolute atomic E-state index is 1.31. The summed E-state index contributed by atoms with van der Waals surface area (Å²) in [5.41, 5.74) is 9.03. The molecule has 0 radical (unpaired) electrons. The Kier molecular flexibility index (Phi) is 5.47. The first-order valence-corrected chi connectivity index (χ1v) is 14.7. The first-order chi connectivity index (χ1) is 9.42. The standard InChI is InChI=1S/C19H30Si2/c1-15-13-16(2)19(17(3)14-15)18(21(7,8)9)11-10-12-20(4,5)6/h11,13-14H,1-9H3/b18-11-. The van der Waals surface area contributed by atoms with Gasteiger partial charge in [0.05, 0.1) is 8.07 Å². The van der Waals surface area contributed by atoms with Gasteiger partial charge in [0.2, 0.25) is 0 Å². The van der Waals surface area contributed by atoms with E-state index in [4.69, 9.17) is 0 Å². The van der Waals surface area contributed by atoms with Gasteiger partial charge in [0.15, 0.2) is 0 Å². The Bertz CT molecular complexity index is 589. The summed E-state index contributed by atoms with van der Waals surface area (Å²) >= 11 is 0. The van der Waals surface area contributed by atoms with E-state index in [9.17, 15) is 0 Å². The molecule has 0 atom stereocenters. The van der Waals surface area contributed by atoms with Gasteiger partial charge in [-0.2, -0.15) is 0 Å². The quantitative estimate of drug-likeness (QED) is 0.481. The second kappa shape index (κ2) is 6.38. The van der Waals surface area contributed by atoms with Gasteiger partial charge in [-0.15, -0.1) is 5.54 Å². The van der Waals surface area contributed by atoms with Crippen molar-refractivity contribution < 1.29 is 0 Å². The zero-order valence-electron chi connectivity index (χ0n) is 15.2.